The van der Waals surface area contributed by atoms with E-state index < -0.39 is 5.92 Å². The van der Waals surface area contributed by atoms with Gasteiger partial charge in [0, 0.05) is 20.0 Å². The Hall–Kier alpha value is -1.48. The topological polar surface area (TPSA) is 43.4 Å². The van der Waals surface area contributed by atoms with Crippen LogP contribution in [-0.4, -0.2) is 24.8 Å². The molecule has 1 aromatic carbocycles. The Balaban J connectivity index is 2.33. The van der Waals surface area contributed by atoms with Gasteiger partial charge in [-0.25, -0.2) is 0 Å². The van der Waals surface area contributed by atoms with E-state index in [1.165, 1.54) is 6.42 Å². The molecule has 1 fully saturated rings. The van der Waals surface area contributed by atoms with Gasteiger partial charge < -0.3 is 4.74 Å². The Morgan fingerprint density at radius 3 is 2.44 bits per heavy atom. The highest BCUT2D eigenvalue weighted by molar-refractivity contribution is 6.08. The van der Waals surface area contributed by atoms with Crippen molar-refractivity contribution in [3.05, 3.63) is 34.9 Å². The molecule has 27 heavy (non-hydrogen) atoms. The number of carbonyl (C=O) groups is 2. The first-order chi connectivity index (χ1) is 13.0. The molecule has 3 unspecified atom stereocenters. The molecule has 0 N–H and O–H groups in total. The zero-order valence-corrected chi connectivity index (χ0v) is 17.6. The number of ketones is 2. The highest BCUT2D eigenvalue weighted by Gasteiger charge is 2.31. The summed E-state index contributed by atoms with van der Waals surface area (Å²) in [6.45, 7) is 6.19. The van der Waals surface area contributed by atoms with Crippen molar-refractivity contribution in [2.45, 2.75) is 90.6 Å². The minimum atomic E-state index is -0.614. The summed E-state index contributed by atoms with van der Waals surface area (Å²) < 4.78 is 5.59. The Morgan fingerprint density at radius 2 is 1.74 bits per heavy atom. The number of hydrogen-bond acceptors (Lipinski definition) is 3. The fourth-order valence-corrected chi connectivity index (χ4v) is 4.26. The van der Waals surface area contributed by atoms with Crippen molar-refractivity contribution < 1.29 is 14.3 Å². The molecule has 0 amide bonds. The Kier molecular flexibility index (Phi) is 8.69. The third-order valence-electron chi connectivity index (χ3n) is 6.14. The van der Waals surface area contributed by atoms with Crippen LogP contribution in [0.4, 0.5) is 0 Å². The third kappa shape index (κ3) is 6.27. The first-order valence-electron chi connectivity index (χ1n) is 10.6. The van der Waals surface area contributed by atoms with Crippen molar-refractivity contribution in [1.82, 2.24) is 0 Å². The molecule has 0 heterocycles. The number of carbonyl (C=O) groups excluding carboxylic acids is 2. The zero-order valence-electron chi connectivity index (χ0n) is 17.6. The van der Waals surface area contributed by atoms with E-state index in [1.807, 2.05) is 32.0 Å². The van der Waals surface area contributed by atoms with Gasteiger partial charge in [-0.2, -0.15) is 0 Å². The predicted molar refractivity (Wildman–Crippen MR) is 110 cm³/mol. The quantitative estimate of drug-likeness (QED) is 0.639. The summed E-state index contributed by atoms with van der Waals surface area (Å²) in [6, 6.07) is 6.10. The van der Waals surface area contributed by atoms with Crippen molar-refractivity contribution in [3.63, 3.8) is 0 Å². The van der Waals surface area contributed by atoms with Crippen LogP contribution in [0.2, 0.25) is 0 Å². The molecule has 1 saturated carbocycles. The van der Waals surface area contributed by atoms with Gasteiger partial charge >= 0.3 is 0 Å². The molecule has 0 aliphatic heterocycles. The minimum absolute atomic E-state index is 0.0600. The number of aryl methyl sites for hydroxylation is 2. The molecule has 0 radical (unpaired) electrons. The van der Waals surface area contributed by atoms with Gasteiger partial charge in [0.1, 0.15) is 17.5 Å². The summed E-state index contributed by atoms with van der Waals surface area (Å²) in [5.74, 6) is -0.0623. The second kappa shape index (κ2) is 10.8. The highest BCUT2D eigenvalue weighted by atomic mass is 16.5. The molecular weight excluding hydrogens is 336 g/mol. The second-order valence-electron chi connectivity index (χ2n) is 8.24. The first kappa shape index (κ1) is 21.8. The lowest BCUT2D eigenvalue weighted by Crippen LogP contribution is -2.26. The number of methoxy groups -OCH3 is 1. The van der Waals surface area contributed by atoms with Crippen LogP contribution in [0.3, 0.4) is 0 Å². The molecule has 0 spiro atoms. The highest BCUT2D eigenvalue weighted by Crippen LogP contribution is 2.30. The van der Waals surface area contributed by atoms with Crippen LogP contribution >= 0.6 is 0 Å². The summed E-state index contributed by atoms with van der Waals surface area (Å²) in [5, 5.41) is 0. The fourth-order valence-electron chi connectivity index (χ4n) is 4.26. The van der Waals surface area contributed by atoms with Gasteiger partial charge in [-0.15, -0.1) is 0 Å². The van der Waals surface area contributed by atoms with Crippen LogP contribution < -0.4 is 0 Å². The largest absolute Gasteiger partial charge is 0.381 e. The van der Waals surface area contributed by atoms with E-state index in [2.05, 4.69) is 6.92 Å². The SMILES string of the molecule is CCC1CCCCCC(OC)CCC(=O)C(c2cc(C)ccc2C)C(=O)C1. The van der Waals surface area contributed by atoms with Crippen LogP contribution in [0.5, 0.6) is 0 Å². The maximum atomic E-state index is 13.3. The monoisotopic (exact) mass is 372 g/mol. The van der Waals surface area contributed by atoms with Crippen molar-refractivity contribution >= 4 is 11.6 Å². The second-order valence-corrected chi connectivity index (χ2v) is 8.24. The number of rotatable bonds is 3. The van der Waals surface area contributed by atoms with E-state index in [4.69, 9.17) is 4.74 Å². The molecular formula is C24H36O3. The molecule has 1 aromatic rings. The van der Waals surface area contributed by atoms with Crippen LogP contribution in [0.15, 0.2) is 18.2 Å². The molecule has 0 bridgehead atoms. The third-order valence-corrected chi connectivity index (χ3v) is 6.14. The molecule has 1 aliphatic carbocycles. The summed E-state index contributed by atoms with van der Waals surface area (Å²) in [5.41, 5.74) is 3.04. The molecule has 1 aliphatic rings. The summed E-state index contributed by atoms with van der Waals surface area (Å²) in [6.07, 6.45) is 8.32. The van der Waals surface area contributed by atoms with E-state index in [0.29, 0.717) is 25.2 Å². The van der Waals surface area contributed by atoms with Gasteiger partial charge in [-0.1, -0.05) is 62.8 Å². The van der Waals surface area contributed by atoms with Gasteiger partial charge in [-0.3, -0.25) is 9.59 Å². The molecule has 3 heteroatoms. The van der Waals surface area contributed by atoms with E-state index in [0.717, 1.165) is 48.8 Å². The number of Topliss-reactive ketones (excluding diaryl/α,β-unsaturated/α-hetero) is 2. The first-order valence-corrected chi connectivity index (χ1v) is 10.6. The van der Waals surface area contributed by atoms with Crippen LogP contribution in [0.1, 0.15) is 87.3 Å². The van der Waals surface area contributed by atoms with Crippen molar-refractivity contribution in [2.75, 3.05) is 7.11 Å². The molecule has 2 rings (SSSR count). The van der Waals surface area contributed by atoms with E-state index in [9.17, 15) is 9.59 Å². The van der Waals surface area contributed by atoms with Crippen LogP contribution in [-0.2, 0) is 14.3 Å². The molecule has 0 aromatic heterocycles. The van der Waals surface area contributed by atoms with Gasteiger partial charge in [0.25, 0.3) is 0 Å². The van der Waals surface area contributed by atoms with E-state index in [1.54, 1.807) is 7.11 Å². The van der Waals surface area contributed by atoms with Gasteiger partial charge in [0.05, 0.1) is 6.10 Å². The Bertz CT molecular complexity index is 635. The normalized spacial score (nSPS) is 26.1. The zero-order chi connectivity index (χ0) is 19.8. The average molecular weight is 373 g/mol. The summed E-state index contributed by atoms with van der Waals surface area (Å²) >= 11 is 0. The lowest BCUT2D eigenvalue weighted by Gasteiger charge is -2.21. The molecule has 0 saturated heterocycles. The number of ether oxygens (including phenoxy) is 1. The van der Waals surface area contributed by atoms with Gasteiger partial charge in [0.2, 0.25) is 0 Å². The smallest absolute Gasteiger partial charge is 0.148 e. The Labute approximate surface area is 164 Å². The lowest BCUT2D eigenvalue weighted by molar-refractivity contribution is -0.130. The lowest BCUT2D eigenvalue weighted by atomic mass is 9.81. The van der Waals surface area contributed by atoms with Gasteiger partial charge in [0.15, 0.2) is 0 Å². The summed E-state index contributed by atoms with van der Waals surface area (Å²) in [4.78, 5) is 26.4. The standard InChI is InChI=1S/C24H36O3/c1-5-19-9-7-6-8-10-20(27-4)13-14-22(25)24(23(26)16-19)21-15-17(2)11-12-18(21)3/h11-12,15,19-20,24H,5-10,13-14,16H2,1-4H3. The molecule has 3 atom stereocenters. The van der Waals surface area contributed by atoms with E-state index >= 15 is 0 Å². The number of benzene rings is 1. The van der Waals surface area contributed by atoms with Crippen molar-refractivity contribution in [2.24, 2.45) is 5.92 Å². The maximum Gasteiger partial charge on any atom is 0.148 e. The van der Waals surface area contributed by atoms with Crippen molar-refractivity contribution in [1.29, 1.82) is 0 Å². The minimum Gasteiger partial charge on any atom is -0.381 e. The summed E-state index contributed by atoms with van der Waals surface area (Å²) in [7, 11) is 1.73. The maximum absolute atomic E-state index is 13.3. The van der Waals surface area contributed by atoms with Crippen LogP contribution in [0.25, 0.3) is 0 Å². The van der Waals surface area contributed by atoms with Crippen molar-refractivity contribution in [3.8, 4) is 0 Å². The predicted octanol–water partition coefficient (Wildman–Crippen LogP) is 5.70. The van der Waals surface area contributed by atoms with E-state index in [-0.39, 0.29) is 17.7 Å². The average Bonchev–Trinajstić information content (AvgIpc) is 2.66. The van der Waals surface area contributed by atoms with Crippen LogP contribution in [0, 0.1) is 19.8 Å². The Morgan fingerprint density at radius 1 is 1.00 bits per heavy atom. The molecule has 150 valence electrons. The number of hydrogen-bond donors (Lipinski definition) is 0. The molecule has 3 nitrogen and oxygen atoms in total. The van der Waals surface area contributed by atoms with Gasteiger partial charge in [-0.05, 0) is 43.7 Å². The fraction of sp³-hybridized carbons (Fsp3) is 0.667.